The number of benzene rings is 2. The summed E-state index contributed by atoms with van der Waals surface area (Å²) < 4.78 is 22.5. The smallest absolute Gasteiger partial charge is 0.302 e. The van der Waals surface area contributed by atoms with Crippen LogP contribution in [-0.2, 0) is 27.4 Å². The van der Waals surface area contributed by atoms with E-state index in [0.717, 1.165) is 16.7 Å². The first kappa shape index (κ1) is 21.5. The van der Waals surface area contributed by atoms with Crippen LogP contribution in [0.2, 0.25) is 0 Å². The van der Waals surface area contributed by atoms with Crippen molar-refractivity contribution in [3.63, 3.8) is 0 Å². The van der Waals surface area contributed by atoms with Crippen molar-refractivity contribution in [3.05, 3.63) is 53.1 Å². The SMILES string of the molecule is CCC(=O)N[C@H](COC(C)=O)Cc1cc2c(c(C)c1OCc1ccccc1)OCO2. The second-order valence-electron chi connectivity index (χ2n) is 7.12. The molecule has 1 N–H and O–H groups in total. The summed E-state index contributed by atoms with van der Waals surface area (Å²) in [4.78, 5) is 23.3. The predicted molar refractivity (Wildman–Crippen MR) is 111 cm³/mol. The van der Waals surface area contributed by atoms with Crippen LogP contribution in [0.1, 0.15) is 37.0 Å². The first-order valence-electron chi connectivity index (χ1n) is 9.99. The van der Waals surface area contributed by atoms with Crippen LogP contribution in [-0.4, -0.2) is 31.3 Å². The zero-order valence-electron chi connectivity index (χ0n) is 17.5. The van der Waals surface area contributed by atoms with Crippen LogP contribution in [0.3, 0.4) is 0 Å². The molecule has 0 unspecified atom stereocenters. The van der Waals surface area contributed by atoms with Gasteiger partial charge in [0.15, 0.2) is 11.5 Å². The first-order valence-corrected chi connectivity index (χ1v) is 9.99. The van der Waals surface area contributed by atoms with Crippen LogP contribution in [0.25, 0.3) is 0 Å². The third-order valence-corrected chi connectivity index (χ3v) is 4.79. The summed E-state index contributed by atoms with van der Waals surface area (Å²) in [5.74, 6) is 1.48. The summed E-state index contributed by atoms with van der Waals surface area (Å²) in [5, 5.41) is 2.91. The monoisotopic (exact) mass is 413 g/mol. The maximum absolute atomic E-state index is 12.0. The lowest BCUT2D eigenvalue weighted by atomic mass is 10.0. The molecule has 1 heterocycles. The van der Waals surface area contributed by atoms with Gasteiger partial charge in [0.25, 0.3) is 0 Å². The average molecular weight is 413 g/mol. The van der Waals surface area contributed by atoms with E-state index in [1.807, 2.05) is 43.3 Å². The average Bonchev–Trinajstić information content (AvgIpc) is 3.21. The van der Waals surface area contributed by atoms with Gasteiger partial charge in [0.1, 0.15) is 19.0 Å². The van der Waals surface area contributed by atoms with Crippen LogP contribution in [0.4, 0.5) is 0 Å². The maximum Gasteiger partial charge on any atom is 0.302 e. The van der Waals surface area contributed by atoms with E-state index in [1.165, 1.54) is 6.92 Å². The van der Waals surface area contributed by atoms with Crippen molar-refractivity contribution < 1.29 is 28.5 Å². The van der Waals surface area contributed by atoms with E-state index < -0.39 is 5.97 Å². The molecule has 0 saturated heterocycles. The van der Waals surface area contributed by atoms with Crippen LogP contribution in [0.5, 0.6) is 17.2 Å². The van der Waals surface area contributed by atoms with Crippen LogP contribution >= 0.6 is 0 Å². The topological polar surface area (TPSA) is 83.1 Å². The minimum Gasteiger partial charge on any atom is -0.488 e. The van der Waals surface area contributed by atoms with Crippen molar-refractivity contribution in [3.8, 4) is 17.2 Å². The van der Waals surface area contributed by atoms with Crippen LogP contribution in [0, 0.1) is 6.92 Å². The van der Waals surface area contributed by atoms with Gasteiger partial charge in [-0.1, -0.05) is 37.3 Å². The lowest BCUT2D eigenvalue weighted by Crippen LogP contribution is -2.40. The molecule has 3 rings (SSSR count). The quantitative estimate of drug-likeness (QED) is 0.635. The molecule has 0 saturated carbocycles. The van der Waals surface area contributed by atoms with Crippen LogP contribution < -0.4 is 19.5 Å². The van der Waals surface area contributed by atoms with Gasteiger partial charge in [-0.15, -0.1) is 0 Å². The predicted octanol–water partition coefficient (Wildman–Crippen LogP) is 3.30. The largest absolute Gasteiger partial charge is 0.488 e. The molecule has 30 heavy (non-hydrogen) atoms. The molecule has 2 aromatic carbocycles. The fourth-order valence-electron chi connectivity index (χ4n) is 3.30. The Morgan fingerprint density at radius 2 is 1.97 bits per heavy atom. The number of hydrogen-bond acceptors (Lipinski definition) is 6. The van der Waals surface area contributed by atoms with Crippen molar-refractivity contribution in [2.24, 2.45) is 0 Å². The van der Waals surface area contributed by atoms with Gasteiger partial charge < -0.3 is 24.3 Å². The Balaban J connectivity index is 1.87. The Bertz CT molecular complexity index is 896. The molecule has 7 nitrogen and oxygen atoms in total. The molecular formula is C23H27NO6. The molecule has 0 radical (unpaired) electrons. The molecule has 0 aliphatic carbocycles. The number of esters is 1. The highest BCUT2D eigenvalue weighted by Gasteiger charge is 2.25. The molecule has 1 aliphatic rings. The number of ether oxygens (including phenoxy) is 4. The standard InChI is InChI=1S/C23H27NO6/c1-4-21(26)24-19(13-27-16(3)25)10-18-11-20-23(30-14-29-20)15(2)22(18)28-12-17-8-6-5-7-9-17/h5-9,11,19H,4,10,12-14H2,1-3H3,(H,24,26)/t19-/m0/s1. The summed E-state index contributed by atoms with van der Waals surface area (Å²) in [7, 11) is 0. The number of nitrogens with one attached hydrogen (secondary N) is 1. The van der Waals surface area contributed by atoms with Gasteiger partial charge in [0, 0.05) is 24.5 Å². The van der Waals surface area contributed by atoms with E-state index in [4.69, 9.17) is 18.9 Å². The van der Waals surface area contributed by atoms with E-state index in [2.05, 4.69) is 5.32 Å². The van der Waals surface area contributed by atoms with Gasteiger partial charge in [-0.3, -0.25) is 9.59 Å². The molecule has 7 heteroatoms. The fourth-order valence-corrected chi connectivity index (χ4v) is 3.30. The normalized spacial score (nSPS) is 12.9. The van der Waals surface area contributed by atoms with Gasteiger partial charge in [0.05, 0.1) is 6.04 Å². The Labute approximate surface area is 176 Å². The summed E-state index contributed by atoms with van der Waals surface area (Å²) >= 11 is 0. The van der Waals surface area contributed by atoms with Gasteiger partial charge in [-0.25, -0.2) is 0 Å². The third-order valence-electron chi connectivity index (χ3n) is 4.79. The first-order chi connectivity index (χ1) is 14.5. The summed E-state index contributed by atoms with van der Waals surface area (Å²) in [6, 6.07) is 11.3. The lowest BCUT2D eigenvalue weighted by molar-refractivity contribution is -0.142. The van der Waals surface area contributed by atoms with Gasteiger partial charge in [-0.2, -0.15) is 0 Å². The molecule has 2 aromatic rings. The van der Waals surface area contributed by atoms with E-state index >= 15 is 0 Å². The number of carbonyl (C=O) groups excluding carboxylic acids is 2. The number of fused-ring (bicyclic) bond motifs is 1. The second-order valence-corrected chi connectivity index (χ2v) is 7.12. The molecule has 0 fully saturated rings. The summed E-state index contributed by atoms with van der Waals surface area (Å²) in [5.41, 5.74) is 2.72. The number of rotatable bonds is 9. The Morgan fingerprint density at radius 1 is 1.20 bits per heavy atom. The summed E-state index contributed by atoms with van der Waals surface area (Å²) in [6.45, 7) is 5.66. The highest BCUT2D eigenvalue weighted by molar-refractivity contribution is 5.76. The van der Waals surface area contributed by atoms with Crippen molar-refractivity contribution in [2.75, 3.05) is 13.4 Å². The molecule has 0 aromatic heterocycles. The minimum atomic E-state index is -0.395. The molecule has 1 amide bonds. The molecule has 0 bridgehead atoms. The Hall–Kier alpha value is -3.22. The molecule has 1 aliphatic heterocycles. The van der Waals surface area contributed by atoms with E-state index in [1.54, 1.807) is 6.92 Å². The van der Waals surface area contributed by atoms with Gasteiger partial charge in [0.2, 0.25) is 12.7 Å². The number of carbonyl (C=O) groups is 2. The summed E-state index contributed by atoms with van der Waals surface area (Å²) in [6.07, 6.45) is 0.759. The zero-order chi connectivity index (χ0) is 21.5. The van der Waals surface area contributed by atoms with Crippen LogP contribution in [0.15, 0.2) is 36.4 Å². The third kappa shape index (κ3) is 5.43. The van der Waals surface area contributed by atoms with Crippen molar-refractivity contribution in [2.45, 2.75) is 46.3 Å². The highest BCUT2D eigenvalue weighted by Crippen LogP contribution is 2.43. The number of hydrogen-bond donors (Lipinski definition) is 1. The Kier molecular flexibility index (Phi) is 7.17. The van der Waals surface area contributed by atoms with Gasteiger partial charge >= 0.3 is 5.97 Å². The molecule has 0 spiro atoms. The van der Waals surface area contributed by atoms with E-state index in [9.17, 15) is 9.59 Å². The van der Waals surface area contributed by atoms with Gasteiger partial charge in [-0.05, 0) is 25.0 Å². The zero-order valence-corrected chi connectivity index (χ0v) is 17.5. The lowest BCUT2D eigenvalue weighted by Gasteiger charge is -2.22. The maximum atomic E-state index is 12.0. The second kappa shape index (κ2) is 10.0. The van der Waals surface area contributed by atoms with Crippen molar-refractivity contribution in [1.82, 2.24) is 5.32 Å². The van der Waals surface area contributed by atoms with Crippen molar-refractivity contribution >= 4 is 11.9 Å². The van der Waals surface area contributed by atoms with E-state index in [0.29, 0.717) is 36.7 Å². The molecular weight excluding hydrogens is 386 g/mol. The highest BCUT2D eigenvalue weighted by atomic mass is 16.7. The molecule has 1 atom stereocenters. The Morgan fingerprint density at radius 3 is 2.67 bits per heavy atom. The molecule has 160 valence electrons. The number of amides is 1. The van der Waals surface area contributed by atoms with Crippen molar-refractivity contribution in [1.29, 1.82) is 0 Å². The minimum absolute atomic E-state index is 0.0761. The fraction of sp³-hybridized carbons (Fsp3) is 0.391. The van der Waals surface area contributed by atoms with E-state index in [-0.39, 0.29) is 25.3 Å².